The van der Waals surface area contributed by atoms with E-state index in [1.807, 2.05) is 17.8 Å². The van der Waals surface area contributed by atoms with E-state index in [-0.39, 0.29) is 4.75 Å². The van der Waals surface area contributed by atoms with E-state index < -0.39 is 0 Å². The summed E-state index contributed by atoms with van der Waals surface area (Å²) < 4.78 is 0.170. The highest BCUT2D eigenvalue weighted by molar-refractivity contribution is 8.00. The quantitative estimate of drug-likeness (QED) is 0.514. The number of nitrogens with one attached hydrogen (secondary N) is 2. The molecule has 0 heterocycles. The second kappa shape index (κ2) is 8.66. The largest absolute Gasteiger partial charge is 0.382 e. The van der Waals surface area contributed by atoms with E-state index in [9.17, 15) is 0 Å². The maximum absolute atomic E-state index is 3.71. The molecule has 2 rings (SSSR count). The standard InChI is InChI=1S/C22H32N2S/c1-16(2)14-17(3)23-20-13-12-19(15-21(20)25-22(4,5)6)24-18-10-8-7-9-11-18/h7-13,15-17,23-24H,14H2,1-6H3. The average Bonchev–Trinajstić information content (AvgIpc) is 2.48. The molecule has 136 valence electrons. The van der Waals surface area contributed by atoms with Gasteiger partial charge in [0.25, 0.3) is 0 Å². The first kappa shape index (κ1) is 19.7. The van der Waals surface area contributed by atoms with E-state index in [2.05, 4.69) is 94.6 Å². The highest BCUT2D eigenvalue weighted by Crippen LogP contribution is 2.39. The Balaban J connectivity index is 2.23. The highest BCUT2D eigenvalue weighted by Gasteiger charge is 2.17. The summed E-state index contributed by atoms with van der Waals surface area (Å²) in [4.78, 5) is 1.30. The van der Waals surface area contributed by atoms with E-state index in [4.69, 9.17) is 0 Å². The third-order valence-corrected chi connectivity index (χ3v) is 4.86. The Kier molecular flexibility index (Phi) is 6.83. The molecular formula is C22H32N2S. The minimum atomic E-state index is 0.170. The molecule has 2 nitrogen and oxygen atoms in total. The number of benzene rings is 2. The highest BCUT2D eigenvalue weighted by atomic mass is 32.2. The Morgan fingerprint density at radius 3 is 2.20 bits per heavy atom. The molecule has 0 aliphatic carbocycles. The van der Waals surface area contributed by atoms with Crippen molar-refractivity contribution < 1.29 is 0 Å². The van der Waals surface area contributed by atoms with Crippen LogP contribution in [0.2, 0.25) is 0 Å². The summed E-state index contributed by atoms with van der Waals surface area (Å²) in [5, 5.41) is 7.21. The third kappa shape index (κ3) is 7.03. The van der Waals surface area contributed by atoms with Gasteiger partial charge in [-0.05, 0) is 49.6 Å². The van der Waals surface area contributed by atoms with Gasteiger partial charge in [-0.3, -0.25) is 0 Å². The summed E-state index contributed by atoms with van der Waals surface area (Å²) in [5.74, 6) is 0.695. The molecule has 0 bridgehead atoms. The molecule has 0 aromatic heterocycles. The lowest BCUT2D eigenvalue weighted by Crippen LogP contribution is -2.18. The number of thioether (sulfide) groups is 1. The van der Waals surface area contributed by atoms with E-state index in [1.165, 1.54) is 17.0 Å². The van der Waals surface area contributed by atoms with Gasteiger partial charge in [-0.15, -0.1) is 11.8 Å². The minimum Gasteiger partial charge on any atom is -0.382 e. The van der Waals surface area contributed by atoms with Crippen molar-refractivity contribution in [1.82, 2.24) is 0 Å². The summed E-state index contributed by atoms with van der Waals surface area (Å²) in [5.41, 5.74) is 3.47. The molecule has 0 aliphatic heterocycles. The second-order valence-electron chi connectivity index (χ2n) is 8.09. The summed E-state index contributed by atoms with van der Waals surface area (Å²) in [6.07, 6.45) is 1.17. The van der Waals surface area contributed by atoms with Gasteiger partial charge in [0, 0.05) is 32.7 Å². The van der Waals surface area contributed by atoms with Crippen molar-refractivity contribution >= 4 is 28.8 Å². The summed E-state index contributed by atoms with van der Waals surface area (Å²) in [6, 6.07) is 17.4. The van der Waals surface area contributed by atoms with Gasteiger partial charge in [0.15, 0.2) is 0 Å². The lowest BCUT2D eigenvalue weighted by molar-refractivity contribution is 0.539. The topological polar surface area (TPSA) is 24.1 Å². The van der Waals surface area contributed by atoms with Gasteiger partial charge in [0.05, 0.1) is 0 Å². The van der Waals surface area contributed by atoms with Gasteiger partial charge in [-0.25, -0.2) is 0 Å². The van der Waals surface area contributed by atoms with E-state index in [1.54, 1.807) is 0 Å². The number of hydrogen-bond donors (Lipinski definition) is 2. The first-order chi connectivity index (χ1) is 11.7. The van der Waals surface area contributed by atoms with Crippen LogP contribution in [0.15, 0.2) is 53.4 Å². The second-order valence-corrected chi connectivity index (χ2v) is 9.96. The maximum atomic E-state index is 3.71. The van der Waals surface area contributed by atoms with Crippen LogP contribution in [0.25, 0.3) is 0 Å². The van der Waals surface area contributed by atoms with E-state index in [0.717, 1.165) is 11.4 Å². The van der Waals surface area contributed by atoms with Crippen molar-refractivity contribution in [3.63, 3.8) is 0 Å². The third-order valence-electron chi connectivity index (χ3n) is 3.69. The van der Waals surface area contributed by atoms with Crippen LogP contribution in [-0.4, -0.2) is 10.8 Å². The molecule has 0 aliphatic rings. The number of anilines is 3. The number of hydrogen-bond acceptors (Lipinski definition) is 3. The molecular weight excluding hydrogens is 324 g/mol. The molecule has 0 saturated carbocycles. The Labute approximate surface area is 157 Å². The molecule has 2 aromatic rings. The van der Waals surface area contributed by atoms with Crippen LogP contribution in [0.1, 0.15) is 48.0 Å². The molecule has 25 heavy (non-hydrogen) atoms. The summed E-state index contributed by atoms with van der Waals surface area (Å²) >= 11 is 1.91. The normalized spacial score (nSPS) is 12.9. The average molecular weight is 357 g/mol. The molecule has 0 fully saturated rings. The molecule has 2 aromatic carbocycles. The first-order valence-corrected chi connectivity index (χ1v) is 9.96. The van der Waals surface area contributed by atoms with E-state index in [0.29, 0.717) is 12.0 Å². The van der Waals surface area contributed by atoms with Crippen molar-refractivity contribution in [3.8, 4) is 0 Å². The molecule has 0 radical (unpaired) electrons. The molecule has 0 amide bonds. The summed E-state index contributed by atoms with van der Waals surface area (Å²) in [7, 11) is 0. The van der Waals surface area contributed by atoms with Gasteiger partial charge in [-0.2, -0.15) is 0 Å². The van der Waals surface area contributed by atoms with Gasteiger partial charge < -0.3 is 10.6 Å². The maximum Gasteiger partial charge on any atom is 0.0482 e. The number of rotatable bonds is 7. The Hall–Kier alpha value is -1.61. The number of para-hydroxylation sites is 1. The van der Waals surface area contributed by atoms with Crippen molar-refractivity contribution in [1.29, 1.82) is 0 Å². The van der Waals surface area contributed by atoms with Crippen molar-refractivity contribution in [3.05, 3.63) is 48.5 Å². The minimum absolute atomic E-state index is 0.170. The Morgan fingerprint density at radius 1 is 0.920 bits per heavy atom. The monoisotopic (exact) mass is 356 g/mol. The molecule has 3 heteroatoms. The fourth-order valence-corrected chi connectivity index (χ4v) is 3.94. The Morgan fingerprint density at radius 2 is 1.60 bits per heavy atom. The molecule has 0 spiro atoms. The van der Waals surface area contributed by atoms with Crippen LogP contribution in [-0.2, 0) is 0 Å². The van der Waals surface area contributed by atoms with Gasteiger partial charge in [-0.1, -0.05) is 52.8 Å². The molecule has 2 N–H and O–H groups in total. The van der Waals surface area contributed by atoms with Crippen LogP contribution in [0.3, 0.4) is 0 Å². The fourth-order valence-electron chi connectivity index (χ4n) is 2.85. The van der Waals surface area contributed by atoms with Crippen molar-refractivity contribution in [2.75, 3.05) is 10.6 Å². The smallest absolute Gasteiger partial charge is 0.0482 e. The zero-order chi connectivity index (χ0) is 18.4. The van der Waals surface area contributed by atoms with Crippen molar-refractivity contribution in [2.45, 2.75) is 63.6 Å². The lowest BCUT2D eigenvalue weighted by atomic mass is 10.1. The molecule has 1 atom stereocenters. The fraction of sp³-hybridized carbons (Fsp3) is 0.455. The summed E-state index contributed by atoms with van der Waals surface area (Å²) in [6.45, 7) is 13.6. The van der Waals surface area contributed by atoms with Gasteiger partial charge in [0.1, 0.15) is 0 Å². The van der Waals surface area contributed by atoms with Crippen LogP contribution in [0.5, 0.6) is 0 Å². The van der Waals surface area contributed by atoms with Crippen LogP contribution in [0, 0.1) is 5.92 Å². The van der Waals surface area contributed by atoms with Gasteiger partial charge in [0.2, 0.25) is 0 Å². The van der Waals surface area contributed by atoms with Crippen LogP contribution >= 0.6 is 11.8 Å². The SMILES string of the molecule is CC(C)CC(C)Nc1ccc(Nc2ccccc2)cc1SC(C)(C)C. The predicted molar refractivity (Wildman–Crippen MR) is 114 cm³/mol. The zero-order valence-electron chi connectivity index (χ0n) is 16.4. The first-order valence-electron chi connectivity index (χ1n) is 9.14. The molecule has 0 saturated heterocycles. The van der Waals surface area contributed by atoms with Crippen LogP contribution < -0.4 is 10.6 Å². The Bertz CT molecular complexity index is 659. The van der Waals surface area contributed by atoms with E-state index >= 15 is 0 Å². The zero-order valence-corrected chi connectivity index (χ0v) is 17.2. The van der Waals surface area contributed by atoms with Gasteiger partial charge >= 0.3 is 0 Å². The lowest BCUT2D eigenvalue weighted by Gasteiger charge is -2.24. The predicted octanol–water partition coefficient (Wildman–Crippen LogP) is 7.17. The van der Waals surface area contributed by atoms with Crippen LogP contribution in [0.4, 0.5) is 17.1 Å². The molecule has 1 unspecified atom stereocenters. The van der Waals surface area contributed by atoms with Crippen molar-refractivity contribution in [2.24, 2.45) is 5.92 Å².